The summed E-state index contributed by atoms with van der Waals surface area (Å²) in [5.41, 5.74) is 2.00. The Balaban J connectivity index is 2.24. The first-order valence-electron chi connectivity index (χ1n) is 5.97. The van der Waals surface area contributed by atoms with Gasteiger partial charge in [-0.1, -0.05) is 0 Å². The van der Waals surface area contributed by atoms with Crippen molar-refractivity contribution in [3.8, 4) is 6.07 Å². The number of nitriles is 1. The van der Waals surface area contributed by atoms with E-state index in [0.29, 0.717) is 17.6 Å². The van der Waals surface area contributed by atoms with Crippen molar-refractivity contribution in [3.63, 3.8) is 0 Å². The van der Waals surface area contributed by atoms with Crippen LogP contribution in [0.3, 0.4) is 0 Å². The third kappa shape index (κ3) is 2.86. The number of rotatable bonds is 3. The Morgan fingerprint density at radius 3 is 2.74 bits per heavy atom. The summed E-state index contributed by atoms with van der Waals surface area (Å²) in [6.45, 7) is 2.20. The first-order chi connectivity index (χ1) is 9.11. The molecule has 19 heavy (non-hydrogen) atoms. The summed E-state index contributed by atoms with van der Waals surface area (Å²) in [6.07, 6.45) is 3.21. The first-order valence-corrected chi connectivity index (χ1v) is 5.97. The molecule has 0 aliphatic heterocycles. The Kier molecular flexibility index (Phi) is 3.71. The number of fused-ring (bicyclic) bond motifs is 1. The number of amides is 1. The third-order valence-electron chi connectivity index (χ3n) is 2.83. The maximum Gasteiger partial charge on any atom is 0.253 e. The van der Waals surface area contributed by atoms with E-state index in [1.807, 2.05) is 0 Å². The highest BCUT2D eigenvalue weighted by Crippen LogP contribution is 2.13. The smallest absolute Gasteiger partial charge is 0.253 e. The molecular weight excluding hydrogens is 240 g/mol. The molecule has 1 heterocycles. The van der Waals surface area contributed by atoms with E-state index >= 15 is 0 Å². The predicted octanol–water partition coefficient (Wildman–Crippen LogP) is 1.86. The Morgan fingerprint density at radius 1 is 1.37 bits per heavy atom. The maximum atomic E-state index is 12.2. The number of carbonyl (C=O) groups is 1. The van der Waals surface area contributed by atoms with Crippen molar-refractivity contribution < 1.29 is 4.79 Å². The molecule has 5 heteroatoms. The zero-order valence-electron chi connectivity index (χ0n) is 10.9. The lowest BCUT2D eigenvalue weighted by molar-refractivity contribution is 0.0785. The molecule has 96 valence electrons. The zero-order valence-corrected chi connectivity index (χ0v) is 10.9. The fourth-order valence-corrected chi connectivity index (χ4v) is 1.85. The van der Waals surface area contributed by atoms with Crippen LogP contribution >= 0.6 is 0 Å². The van der Waals surface area contributed by atoms with E-state index in [-0.39, 0.29) is 11.8 Å². The van der Waals surface area contributed by atoms with E-state index in [1.165, 1.54) is 0 Å². The van der Waals surface area contributed by atoms with E-state index in [9.17, 15) is 4.79 Å². The van der Waals surface area contributed by atoms with Crippen molar-refractivity contribution in [2.75, 3.05) is 13.6 Å². The van der Waals surface area contributed by atoms with Crippen molar-refractivity contribution in [2.24, 2.45) is 5.92 Å². The van der Waals surface area contributed by atoms with E-state index in [1.54, 1.807) is 49.5 Å². The van der Waals surface area contributed by atoms with Gasteiger partial charge in [0.15, 0.2) is 0 Å². The topological polar surface area (TPSA) is 69.9 Å². The standard InChI is InChI=1S/C14H14N4O/c1-10(8-15)9-18(2)14(19)11-3-4-12-13(7-11)17-6-5-16-12/h3-7,10H,9H2,1-2H3. The van der Waals surface area contributed by atoms with Gasteiger partial charge in [-0.25, -0.2) is 0 Å². The molecule has 1 aromatic carbocycles. The number of carbonyl (C=O) groups excluding carboxylic acids is 1. The van der Waals surface area contributed by atoms with Gasteiger partial charge in [-0.05, 0) is 25.1 Å². The van der Waals surface area contributed by atoms with Gasteiger partial charge in [0.1, 0.15) is 0 Å². The van der Waals surface area contributed by atoms with Crippen LogP contribution in [0.2, 0.25) is 0 Å². The SMILES string of the molecule is CC(C#N)CN(C)C(=O)c1ccc2nccnc2c1. The molecule has 1 aromatic heterocycles. The molecule has 5 nitrogen and oxygen atoms in total. The van der Waals surface area contributed by atoms with Crippen molar-refractivity contribution >= 4 is 16.9 Å². The Bertz CT molecular complexity index is 647. The van der Waals surface area contributed by atoms with Crippen molar-refractivity contribution in [1.29, 1.82) is 5.26 Å². The molecule has 0 radical (unpaired) electrons. The molecule has 0 bridgehead atoms. The largest absolute Gasteiger partial charge is 0.340 e. The van der Waals surface area contributed by atoms with E-state index in [4.69, 9.17) is 5.26 Å². The maximum absolute atomic E-state index is 12.2. The number of benzene rings is 1. The molecule has 1 unspecified atom stereocenters. The normalized spacial score (nSPS) is 11.8. The summed E-state index contributed by atoms with van der Waals surface area (Å²) >= 11 is 0. The number of aromatic nitrogens is 2. The quantitative estimate of drug-likeness (QED) is 0.838. The molecule has 0 saturated heterocycles. The van der Waals surface area contributed by atoms with Crippen LogP contribution in [-0.4, -0.2) is 34.4 Å². The number of nitrogens with zero attached hydrogens (tertiary/aromatic N) is 4. The van der Waals surface area contributed by atoms with Crippen LogP contribution in [0.15, 0.2) is 30.6 Å². The molecule has 2 rings (SSSR count). The summed E-state index contributed by atoms with van der Waals surface area (Å²) in [4.78, 5) is 22.1. The van der Waals surface area contributed by atoms with Gasteiger partial charge < -0.3 is 4.90 Å². The van der Waals surface area contributed by atoms with Crippen molar-refractivity contribution in [3.05, 3.63) is 36.2 Å². The van der Waals surface area contributed by atoms with Gasteiger partial charge >= 0.3 is 0 Å². The molecule has 0 spiro atoms. The van der Waals surface area contributed by atoms with Crippen LogP contribution in [0.1, 0.15) is 17.3 Å². The van der Waals surface area contributed by atoms with Crippen LogP contribution in [-0.2, 0) is 0 Å². The van der Waals surface area contributed by atoms with Gasteiger partial charge in [-0.15, -0.1) is 0 Å². The summed E-state index contributed by atoms with van der Waals surface area (Å²) in [5, 5.41) is 8.77. The van der Waals surface area contributed by atoms with Crippen LogP contribution in [0.5, 0.6) is 0 Å². The summed E-state index contributed by atoms with van der Waals surface area (Å²) < 4.78 is 0. The van der Waals surface area contributed by atoms with Crippen LogP contribution in [0, 0.1) is 17.2 Å². The highest BCUT2D eigenvalue weighted by molar-refractivity contribution is 5.97. The summed E-state index contributed by atoms with van der Waals surface area (Å²) in [5.74, 6) is -0.302. The Morgan fingerprint density at radius 2 is 2.05 bits per heavy atom. The molecule has 0 N–H and O–H groups in total. The second-order valence-corrected chi connectivity index (χ2v) is 4.48. The fourth-order valence-electron chi connectivity index (χ4n) is 1.85. The van der Waals surface area contributed by atoms with Crippen LogP contribution in [0.25, 0.3) is 11.0 Å². The third-order valence-corrected chi connectivity index (χ3v) is 2.83. The highest BCUT2D eigenvalue weighted by atomic mass is 16.2. The lowest BCUT2D eigenvalue weighted by Crippen LogP contribution is -2.30. The second kappa shape index (κ2) is 5.44. The number of hydrogen-bond acceptors (Lipinski definition) is 4. The van der Waals surface area contributed by atoms with Gasteiger partial charge in [0.25, 0.3) is 5.91 Å². The summed E-state index contributed by atoms with van der Waals surface area (Å²) in [6, 6.07) is 7.34. The predicted molar refractivity (Wildman–Crippen MR) is 71.3 cm³/mol. The molecule has 0 aliphatic carbocycles. The lowest BCUT2D eigenvalue weighted by atomic mass is 10.1. The van der Waals surface area contributed by atoms with E-state index in [0.717, 1.165) is 5.52 Å². The van der Waals surface area contributed by atoms with Gasteiger partial charge in [-0.3, -0.25) is 14.8 Å². The van der Waals surface area contributed by atoms with E-state index < -0.39 is 0 Å². The van der Waals surface area contributed by atoms with Crippen LogP contribution in [0.4, 0.5) is 0 Å². The van der Waals surface area contributed by atoms with Crippen molar-refractivity contribution in [1.82, 2.24) is 14.9 Å². The number of hydrogen-bond donors (Lipinski definition) is 0. The zero-order chi connectivity index (χ0) is 13.8. The van der Waals surface area contributed by atoms with Gasteiger partial charge in [0.05, 0.1) is 23.0 Å². The molecule has 2 aromatic rings. The minimum atomic E-state index is -0.186. The average Bonchev–Trinajstić information content (AvgIpc) is 2.45. The van der Waals surface area contributed by atoms with Crippen LogP contribution < -0.4 is 0 Å². The van der Waals surface area contributed by atoms with E-state index in [2.05, 4.69) is 16.0 Å². The first kappa shape index (κ1) is 13.0. The fraction of sp³-hybridized carbons (Fsp3) is 0.286. The second-order valence-electron chi connectivity index (χ2n) is 4.48. The Hall–Kier alpha value is -2.48. The van der Waals surface area contributed by atoms with Gasteiger partial charge in [0, 0.05) is 31.5 Å². The molecule has 1 amide bonds. The minimum Gasteiger partial charge on any atom is -0.340 e. The lowest BCUT2D eigenvalue weighted by Gasteiger charge is -2.18. The molecule has 1 atom stereocenters. The Labute approximate surface area is 111 Å². The minimum absolute atomic E-state index is 0.116. The highest BCUT2D eigenvalue weighted by Gasteiger charge is 2.14. The summed E-state index contributed by atoms with van der Waals surface area (Å²) in [7, 11) is 1.69. The molecule has 0 aliphatic rings. The van der Waals surface area contributed by atoms with Crippen molar-refractivity contribution in [2.45, 2.75) is 6.92 Å². The van der Waals surface area contributed by atoms with Gasteiger partial charge in [0.2, 0.25) is 0 Å². The molecular formula is C14H14N4O. The van der Waals surface area contributed by atoms with Gasteiger partial charge in [-0.2, -0.15) is 5.26 Å². The molecule has 0 saturated carbocycles. The molecule has 0 fully saturated rings. The average molecular weight is 254 g/mol. The monoisotopic (exact) mass is 254 g/mol.